The maximum absolute atomic E-state index is 13.5. The van der Waals surface area contributed by atoms with E-state index >= 15 is 0 Å². The number of aromatic nitrogens is 5. The number of aryl methyl sites for hydroxylation is 1. The molecule has 2 bridgehead atoms. The van der Waals surface area contributed by atoms with E-state index in [1.54, 1.807) is 17.2 Å². The van der Waals surface area contributed by atoms with Gasteiger partial charge in [-0.1, -0.05) is 0 Å². The quantitative estimate of drug-likeness (QED) is 0.580. The van der Waals surface area contributed by atoms with Crippen LogP contribution in [0.4, 0.5) is 23.4 Å². The van der Waals surface area contributed by atoms with E-state index in [0.29, 0.717) is 18.3 Å². The fourth-order valence-electron chi connectivity index (χ4n) is 4.65. The average Bonchev–Trinajstić information content (AvgIpc) is 3.39. The Kier molecular flexibility index (Phi) is 5.37. The van der Waals surface area contributed by atoms with Gasteiger partial charge in [0.25, 0.3) is 5.91 Å². The summed E-state index contributed by atoms with van der Waals surface area (Å²) in [5.74, 6) is -0.244. The van der Waals surface area contributed by atoms with Crippen molar-refractivity contribution in [2.24, 2.45) is 5.92 Å². The topological polar surface area (TPSA) is 96.8 Å². The van der Waals surface area contributed by atoms with E-state index in [4.69, 9.17) is 0 Å². The van der Waals surface area contributed by atoms with E-state index in [2.05, 4.69) is 30.2 Å². The van der Waals surface area contributed by atoms with Crippen molar-refractivity contribution >= 4 is 11.7 Å². The summed E-state index contributed by atoms with van der Waals surface area (Å²) >= 11 is 0. The van der Waals surface area contributed by atoms with Gasteiger partial charge in [0, 0.05) is 18.8 Å². The molecule has 3 atom stereocenters. The van der Waals surface area contributed by atoms with Crippen LogP contribution in [0.5, 0.6) is 0 Å². The Morgan fingerprint density at radius 3 is 2.44 bits per heavy atom. The highest BCUT2D eigenvalue weighted by Crippen LogP contribution is 2.40. The summed E-state index contributed by atoms with van der Waals surface area (Å²) in [5.41, 5.74) is 0.301. The first-order chi connectivity index (χ1) is 16.2. The second-order valence-corrected chi connectivity index (χ2v) is 8.53. The fraction of sp³-hybridized carbons (Fsp3) is 0.364. The number of piperidine rings is 1. The maximum atomic E-state index is 13.5. The average molecular weight is 473 g/mol. The van der Waals surface area contributed by atoms with Crippen molar-refractivity contribution in [3.63, 3.8) is 0 Å². The molecule has 0 unspecified atom stereocenters. The zero-order valence-corrected chi connectivity index (χ0v) is 17.9. The number of hydrogen-bond donors (Lipinski definition) is 1. The third-order valence-electron chi connectivity index (χ3n) is 6.11. The van der Waals surface area contributed by atoms with E-state index in [9.17, 15) is 22.4 Å². The summed E-state index contributed by atoms with van der Waals surface area (Å²) in [6.45, 7) is 2.36. The van der Waals surface area contributed by atoms with Gasteiger partial charge in [0.2, 0.25) is 0 Å². The minimum Gasteiger partial charge on any atom is -0.364 e. The number of nitrogens with zero attached hydrogens (tertiary/aromatic N) is 6. The first-order valence-electron chi connectivity index (χ1n) is 10.6. The highest BCUT2D eigenvalue weighted by atomic mass is 19.4. The summed E-state index contributed by atoms with van der Waals surface area (Å²) in [4.78, 5) is 34.8. The van der Waals surface area contributed by atoms with Crippen molar-refractivity contribution in [1.29, 1.82) is 0 Å². The molecule has 176 valence electrons. The first-order valence-corrected chi connectivity index (χ1v) is 10.6. The normalized spacial score (nSPS) is 21.7. The molecule has 5 rings (SSSR count). The predicted molar refractivity (Wildman–Crippen MR) is 112 cm³/mol. The second-order valence-electron chi connectivity index (χ2n) is 8.53. The van der Waals surface area contributed by atoms with E-state index in [1.807, 2.05) is 6.92 Å². The molecule has 0 spiro atoms. The van der Waals surface area contributed by atoms with Gasteiger partial charge in [0.05, 0.1) is 36.4 Å². The zero-order valence-electron chi connectivity index (χ0n) is 17.9. The Labute approximate surface area is 191 Å². The van der Waals surface area contributed by atoms with E-state index < -0.39 is 17.7 Å². The Morgan fingerprint density at radius 2 is 1.79 bits per heavy atom. The Bertz CT molecular complexity index is 1220. The minimum atomic E-state index is -4.56. The minimum absolute atomic E-state index is 0.165. The van der Waals surface area contributed by atoms with Crippen LogP contribution in [0.25, 0.3) is 11.4 Å². The number of likely N-dealkylation sites (tertiary alicyclic amines) is 1. The number of carbonyl (C=O) groups is 1. The number of alkyl halides is 3. The molecule has 1 aliphatic carbocycles. The molecule has 1 saturated heterocycles. The lowest BCUT2D eigenvalue weighted by atomic mass is 10.0. The van der Waals surface area contributed by atoms with Gasteiger partial charge >= 0.3 is 6.18 Å². The molecular formula is C22H19F4N7O. The number of amides is 1. The molecule has 3 aromatic heterocycles. The van der Waals surface area contributed by atoms with Gasteiger partial charge in [-0.2, -0.15) is 13.2 Å². The van der Waals surface area contributed by atoms with Gasteiger partial charge in [0.1, 0.15) is 11.5 Å². The highest BCUT2D eigenvalue weighted by molar-refractivity contribution is 5.98. The molecule has 1 N–H and O–H groups in total. The van der Waals surface area contributed by atoms with Crippen LogP contribution in [0, 0.1) is 18.7 Å². The molecule has 0 aromatic carbocycles. The molecule has 2 aliphatic rings. The molecule has 4 heterocycles. The van der Waals surface area contributed by atoms with Gasteiger partial charge in [-0.15, -0.1) is 0 Å². The van der Waals surface area contributed by atoms with Crippen molar-refractivity contribution in [2.45, 2.75) is 38.0 Å². The summed E-state index contributed by atoms with van der Waals surface area (Å²) in [6, 6.07) is 1.35. The SMILES string of the molecule is Cc1cnc(C(=O)N2C[C@H]3C[C@@H](Nc4cnc(C(F)(F)F)cn4)[C@@H]2C3)c(-c2ncc(F)cn2)c1. The van der Waals surface area contributed by atoms with E-state index in [-0.39, 0.29) is 41.2 Å². The lowest BCUT2D eigenvalue weighted by Crippen LogP contribution is -2.48. The molecule has 12 heteroatoms. The molecule has 1 saturated carbocycles. The van der Waals surface area contributed by atoms with Gasteiger partial charge in [0.15, 0.2) is 17.3 Å². The number of fused-ring (bicyclic) bond motifs is 2. The molecule has 3 aromatic rings. The van der Waals surface area contributed by atoms with Crippen LogP contribution in [0.3, 0.4) is 0 Å². The standard InChI is InChI=1S/C22H19F4N7O/c1-11-2-14(20-30-6-13(23)7-31-20)19(29-5-11)21(34)33-10-12-3-15(16(33)4-12)32-18-9-27-17(8-28-18)22(24,25)26/h2,5-9,12,15-16H,3-4,10H2,1H3,(H,28,32)/t12-,15+,16-/m0/s1. The van der Waals surface area contributed by atoms with Crippen LogP contribution in [-0.4, -0.2) is 54.4 Å². The Hall–Kier alpha value is -3.70. The number of nitrogens with one attached hydrogen (secondary N) is 1. The van der Waals surface area contributed by atoms with Gasteiger partial charge in [-0.05, 0) is 37.3 Å². The second kappa shape index (κ2) is 8.26. The first kappa shape index (κ1) is 22.1. The summed E-state index contributed by atoms with van der Waals surface area (Å²) < 4.78 is 51.5. The molecule has 34 heavy (non-hydrogen) atoms. The molecular weight excluding hydrogens is 454 g/mol. The highest BCUT2D eigenvalue weighted by Gasteiger charge is 2.48. The van der Waals surface area contributed by atoms with Crippen molar-refractivity contribution in [3.05, 3.63) is 59.8 Å². The van der Waals surface area contributed by atoms with Crippen molar-refractivity contribution in [2.75, 3.05) is 11.9 Å². The maximum Gasteiger partial charge on any atom is 0.434 e. The lowest BCUT2D eigenvalue weighted by Gasteiger charge is -2.34. The Balaban J connectivity index is 1.37. The van der Waals surface area contributed by atoms with E-state index in [1.165, 1.54) is 0 Å². The fourth-order valence-corrected chi connectivity index (χ4v) is 4.65. The van der Waals surface area contributed by atoms with Crippen molar-refractivity contribution in [3.8, 4) is 11.4 Å². The summed E-state index contributed by atoms with van der Waals surface area (Å²) in [5, 5.41) is 3.13. The number of halogens is 4. The smallest absolute Gasteiger partial charge is 0.364 e. The molecule has 0 radical (unpaired) electrons. The summed E-state index contributed by atoms with van der Waals surface area (Å²) in [7, 11) is 0. The van der Waals surface area contributed by atoms with E-state index in [0.717, 1.165) is 37.0 Å². The molecule has 8 nitrogen and oxygen atoms in total. The number of hydrogen-bond acceptors (Lipinski definition) is 7. The number of pyridine rings is 1. The predicted octanol–water partition coefficient (Wildman–Crippen LogP) is 3.51. The number of carbonyl (C=O) groups excluding carboxylic acids is 1. The van der Waals surface area contributed by atoms with Crippen LogP contribution in [0.2, 0.25) is 0 Å². The van der Waals surface area contributed by atoms with Gasteiger partial charge in [-0.25, -0.2) is 24.3 Å². The number of rotatable bonds is 4. The van der Waals surface area contributed by atoms with Crippen LogP contribution < -0.4 is 5.32 Å². The van der Waals surface area contributed by atoms with Crippen molar-refractivity contribution < 1.29 is 22.4 Å². The lowest BCUT2D eigenvalue weighted by molar-refractivity contribution is -0.141. The summed E-state index contributed by atoms with van der Waals surface area (Å²) in [6.07, 6.45) is 2.31. The molecule has 1 amide bonds. The molecule has 2 fully saturated rings. The third-order valence-corrected chi connectivity index (χ3v) is 6.11. The monoisotopic (exact) mass is 473 g/mol. The van der Waals surface area contributed by atoms with Gasteiger partial charge < -0.3 is 10.2 Å². The van der Waals surface area contributed by atoms with Crippen LogP contribution in [-0.2, 0) is 6.18 Å². The largest absolute Gasteiger partial charge is 0.434 e. The zero-order chi connectivity index (χ0) is 24.0. The van der Waals surface area contributed by atoms with Crippen LogP contribution in [0.15, 0.2) is 37.1 Å². The van der Waals surface area contributed by atoms with Gasteiger partial charge in [-0.3, -0.25) is 9.78 Å². The molecule has 1 aliphatic heterocycles. The van der Waals surface area contributed by atoms with Crippen molar-refractivity contribution in [1.82, 2.24) is 29.8 Å². The van der Waals surface area contributed by atoms with Crippen LogP contribution in [0.1, 0.15) is 34.6 Å². The Morgan fingerprint density at radius 1 is 1.03 bits per heavy atom. The number of anilines is 1. The third kappa shape index (κ3) is 4.15. The van der Waals surface area contributed by atoms with Crippen LogP contribution >= 0.6 is 0 Å².